The highest BCUT2D eigenvalue weighted by Gasteiger charge is 2.59. The van der Waals surface area contributed by atoms with E-state index in [1.807, 2.05) is 42.3 Å². The SMILES string of the molecule is CC(C)CN1CCC2(CC1)CC1(CCN(S(=O)(=O)Cc3ccccc3)CC1)N(C)C2=O. The van der Waals surface area contributed by atoms with Crippen LogP contribution in [0.4, 0.5) is 0 Å². The maximum absolute atomic E-state index is 13.4. The van der Waals surface area contributed by atoms with Crippen LogP contribution in [0.15, 0.2) is 30.3 Å². The number of carbonyl (C=O) groups is 1. The van der Waals surface area contributed by atoms with Gasteiger partial charge in [0.2, 0.25) is 15.9 Å². The van der Waals surface area contributed by atoms with Crippen molar-refractivity contribution >= 4 is 15.9 Å². The number of sulfonamides is 1. The third-order valence-corrected chi connectivity index (χ3v) is 9.66. The third kappa shape index (κ3) is 4.41. The minimum absolute atomic E-state index is 0.0469. The minimum atomic E-state index is -3.34. The molecule has 7 heteroatoms. The second kappa shape index (κ2) is 8.49. The Bertz CT molecular complexity index is 884. The molecule has 1 aromatic rings. The van der Waals surface area contributed by atoms with Crippen molar-refractivity contribution in [2.24, 2.45) is 11.3 Å². The Morgan fingerprint density at radius 2 is 1.58 bits per heavy atom. The van der Waals surface area contributed by atoms with E-state index in [1.165, 1.54) is 0 Å². The first-order chi connectivity index (χ1) is 14.7. The number of carbonyl (C=O) groups excluding carboxylic acids is 1. The first-order valence-electron chi connectivity index (χ1n) is 11.7. The number of benzene rings is 1. The van der Waals surface area contributed by atoms with Crippen molar-refractivity contribution in [3.8, 4) is 0 Å². The number of hydrogen-bond acceptors (Lipinski definition) is 4. The fraction of sp³-hybridized carbons (Fsp3) is 0.708. The molecule has 3 heterocycles. The predicted octanol–water partition coefficient (Wildman–Crippen LogP) is 2.95. The lowest BCUT2D eigenvalue weighted by Gasteiger charge is -2.43. The van der Waals surface area contributed by atoms with Gasteiger partial charge in [0.1, 0.15) is 0 Å². The molecule has 0 atom stereocenters. The largest absolute Gasteiger partial charge is 0.339 e. The molecule has 4 rings (SSSR count). The molecule has 2 spiro atoms. The topological polar surface area (TPSA) is 60.9 Å². The van der Waals surface area contributed by atoms with Crippen molar-refractivity contribution in [1.29, 1.82) is 0 Å². The molecular weight excluding hydrogens is 410 g/mol. The lowest BCUT2D eigenvalue weighted by atomic mass is 9.71. The summed E-state index contributed by atoms with van der Waals surface area (Å²) in [6, 6.07) is 9.38. The second-order valence-electron chi connectivity index (χ2n) is 10.4. The van der Waals surface area contributed by atoms with Crippen LogP contribution < -0.4 is 0 Å². The summed E-state index contributed by atoms with van der Waals surface area (Å²) in [5, 5.41) is 0. The Balaban J connectivity index is 1.41. The summed E-state index contributed by atoms with van der Waals surface area (Å²) in [4.78, 5) is 17.9. The maximum Gasteiger partial charge on any atom is 0.229 e. The zero-order valence-corrected chi connectivity index (χ0v) is 20.0. The number of nitrogens with zero attached hydrogens (tertiary/aromatic N) is 3. The molecule has 0 saturated carbocycles. The van der Waals surface area contributed by atoms with Gasteiger partial charge in [-0.05, 0) is 56.7 Å². The molecule has 6 nitrogen and oxygen atoms in total. The summed E-state index contributed by atoms with van der Waals surface area (Å²) in [6.07, 6.45) is 4.22. The van der Waals surface area contributed by atoms with Gasteiger partial charge in [0, 0.05) is 32.2 Å². The van der Waals surface area contributed by atoms with Crippen molar-refractivity contribution in [3.63, 3.8) is 0 Å². The van der Waals surface area contributed by atoms with Crippen LogP contribution in [0.1, 0.15) is 51.5 Å². The number of hydrogen-bond donors (Lipinski definition) is 0. The molecule has 172 valence electrons. The van der Waals surface area contributed by atoms with Crippen LogP contribution in [-0.4, -0.2) is 73.7 Å². The fourth-order valence-electron chi connectivity index (χ4n) is 6.03. The highest BCUT2D eigenvalue weighted by Crippen LogP contribution is 2.52. The zero-order valence-electron chi connectivity index (χ0n) is 19.2. The highest BCUT2D eigenvalue weighted by molar-refractivity contribution is 7.88. The third-order valence-electron chi connectivity index (χ3n) is 7.81. The standard InChI is InChI=1S/C24H37N3O3S/c1-20(2)17-26-13-9-23(10-14-26)19-24(25(3)22(23)28)11-15-27(16-12-24)31(29,30)18-21-7-5-4-6-8-21/h4-8,20H,9-19H2,1-3H3. The predicted molar refractivity (Wildman–Crippen MR) is 123 cm³/mol. The molecule has 0 aromatic heterocycles. The van der Waals surface area contributed by atoms with Gasteiger partial charge in [0.05, 0.1) is 11.2 Å². The smallest absolute Gasteiger partial charge is 0.229 e. The summed E-state index contributed by atoms with van der Waals surface area (Å²) in [5.74, 6) is 0.979. The molecule has 0 bridgehead atoms. The zero-order chi connectivity index (χ0) is 22.3. The Hall–Kier alpha value is -1.44. The summed E-state index contributed by atoms with van der Waals surface area (Å²) in [6.45, 7) is 8.57. The lowest BCUT2D eigenvalue weighted by Crippen LogP contribution is -2.52. The van der Waals surface area contributed by atoms with Gasteiger partial charge >= 0.3 is 0 Å². The van der Waals surface area contributed by atoms with E-state index in [1.54, 1.807) is 4.31 Å². The molecule has 3 saturated heterocycles. The molecule has 1 amide bonds. The van der Waals surface area contributed by atoms with Gasteiger partial charge in [-0.25, -0.2) is 12.7 Å². The molecule has 31 heavy (non-hydrogen) atoms. The molecule has 3 fully saturated rings. The van der Waals surface area contributed by atoms with Crippen LogP contribution in [0.3, 0.4) is 0 Å². The van der Waals surface area contributed by atoms with E-state index >= 15 is 0 Å². The average Bonchev–Trinajstić information content (AvgIpc) is 2.92. The molecular formula is C24H37N3O3S. The first-order valence-corrected chi connectivity index (χ1v) is 13.3. The number of likely N-dealkylation sites (tertiary alicyclic amines) is 2. The van der Waals surface area contributed by atoms with Crippen LogP contribution >= 0.6 is 0 Å². The molecule has 0 aliphatic carbocycles. The minimum Gasteiger partial charge on any atom is -0.339 e. The van der Waals surface area contributed by atoms with Crippen LogP contribution in [0.25, 0.3) is 0 Å². The van der Waals surface area contributed by atoms with Crippen molar-refractivity contribution in [3.05, 3.63) is 35.9 Å². The quantitative estimate of drug-likeness (QED) is 0.696. The van der Waals surface area contributed by atoms with Crippen molar-refractivity contribution < 1.29 is 13.2 Å². The van der Waals surface area contributed by atoms with Gasteiger partial charge in [0.25, 0.3) is 0 Å². The highest BCUT2D eigenvalue weighted by atomic mass is 32.2. The fourth-order valence-corrected chi connectivity index (χ4v) is 7.57. The number of rotatable bonds is 5. The summed E-state index contributed by atoms with van der Waals surface area (Å²) in [5.41, 5.74) is 0.395. The van der Waals surface area contributed by atoms with E-state index < -0.39 is 10.0 Å². The second-order valence-corrected chi connectivity index (χ2v) is 12.3. The Morgan fingerprint density at radius 1 is 0.968 bits per heavy atom. The Kier molecular flexibility index (Phi) is 6.23. The summed E-state index contributed by atoms with van der Waals surface area (Å²) < 4.78 is 27.6. The van der Waals surface area contributed by atoms with E-state index in [4.69, 9.17) is 0 Å². The summed E-state index contributed by atoms with van der Waals surface area (Å²) in [7, 11) is -1.39. The molecule has 0 radical (unpaired) electrons. The van der Waals surface area contributed by atoms with Gasteiger partial charge in [-0.1, -0.05) is 44.2 Å². The van der Waals surface area contributed by atoms with Gasteiger partial charge in [-0.15, -0.1) is 0 Å². The monoisotopic (exact) mass is 447 g/mol. The molecule has 0 N–H and O–H groups in total. The van der Waals surface area contributed by atoms with E-state index in [2.05, 4.69) is 18.7 Å². The maximum atomic E-state index is 13.4. The summed E-state index contributed by atoms with van der Waals surface area (Å²) >= 11 is 0. The lowest BCUT2D eigenvalue weighted by molar-refractivity contribution is -0.139. The number of amides is 1. The van der Waals surface area contributed by atoms with Gasteiger partial charge in [-0.3, -0.25) is 4.79 Å². The van der Waals surface area contributed by atoms with Crippen molar-refractivity contribution in [2.45, 2.75) is 57.2 Å². The van der Waals surface area contributed by atoms with E-state index in [9.17, 15) is 13.2 Å². The van der Waals surface area contributed by atoms with Gasteiger partial charge in [0.15, 0.2) is 0 Å². The molecule has 0 unspecified atom stereocenters. The van der Waals surface area contributed by atoms with Crippen molar-refractivity contribution in [2.75, 3.05) is 39.8 Å². The first kappa shape index (κ1) is 22.7. The van der Waals surface area contributed by atoms with Crippen LogP contribution in [0, 0.1) is 11.3 Å². The average molecular weight is 448 g/mol. The van der Waals surface area contributed by atoms with Crippen LogP contribution in [-0.2, 0) is 20.6 Å². The van der Waals surface area contributed by atoms with E-state index in [0.717, 1.165) is 57.3 Å². The normalized spacial score (nSPS) is 24.5. The van der Waals surface area contributed by atoms with Crippen LogP contribution in [0.5, 0.6) is 0 Å². The van der Waals surface area contributed by atoms with Gasteiger partial charge < -0.3 is 9.80 Å². The molecule has 3 aliphatic rings. The van der Waals surface area contributed by atoms with Crippen molar-refractivity contribution in [1.82, 2.24) is 14.1 Å². The Labute approximate surface area is 187 Å². The van der Waals surface area contributed by atoms with E-state index in [0.29, 0.717) is 19.0 Å². The molecule has 3 aliphatic heterocycles. The Morgan fingerprint density at radius 3 is 2.16 bits per heavy atom. The van der Waals surface area contributed by atoms with E-state index in [-0.39, 0.29) is 22.6 Å². The van der Waals surface area contributed by atoms with Gasteiger partial charge in [-0.2, -0.15) is 0 Å². The number of piperidine rings is 2. The molecule has 1 aromatic carbocycles. The van der Waals surface area contributed by atoms with Crippen LogP contribution in [0.2, 0.25) is 0 Å².